The minimum Gasteiger partial charge on any atom is -0.481 e. The van der Waals surface area contributed by atoms with E-state index in [2.05, 4.69) is 5.32 Å². The maximum atomic E-state index is 11.8. The van der Waals surface area contributed by atoms with Crippen molar-refractivity contribution in [3.8, 4) is 0 Å². The van der Waals surface area contributed by atoms with Crippen LogP contribution < -0.4 is 5.32 Å². The summed E-state index contributed by atoms with van der Waals surface area (Å²) in [5.41, 5.74) is 0.991. The average Bonchev–Trinajstić information content (AvgIpc) is 2.33. The molecular weight excluding hydrogens is 258 g/mol. The smallest absolute Gasteiger partial charge is 0.338 e. The Morgan fingerprint density at radius 3 is 2.30 bits per heavy atom. The van der Waals surface area contributed by atoms with E-state index >= 15 is 0 Å². The molecule has 0 saturated heterocycles. The largest absolute Gasteiger partial charge is 0.481 e. The standard InChI is InChI=1S/C15H21NO4/c1-15(2,3)20-14(19)12-6-4-11(5-7-12)10-16-9-8-13(17)18/h4-7,16H,8-10H2,1-3H3,(H,17,18). The van der Waals surface area contributed by atoms with Crippen LogP contribution in [0.1, 0.15) is 43.1 Å². The van der Waals surface area contributed by atoms with Crippen LogP contribution in [-0.2, 0) is 16.1 Å². The quantitative estimate of drug-likeness (QED) is 0.617. The van der Waals surface area contributed by atoms with Gasteiger partial charge in [0.05, 0.1) is 12.0 Å². The van der Waals surface area contributed by atoms with Crippen molar-refractivity contribution in [2.45, 2.75) is 39.3 Å². The highest BCUT2D eigenvalue weighted by molar-refractivity contribution is 5.89. The van der Waals surface area contributed by atoms with Gasteiger partial charge in [0.1, 0.15) is 5.60 Å². The zero-order chi connectivity index (χ0) is 15.2. The van der Waals surface area contributed by atoms with E-state index in [-0.39, 0.29) is 12.4 Å². The van der Waals surface area contributed by atoms with Crippen LogP contribution in [0.4, 0.5) is 0 Å². The number of carbonyl (C=O) groups excluding carboxylic acids is 1. The molecule has 0 spiro atoms. The lowest BCUT2D eigenvalue weighted by molar-refractivity contribution is -0.136. The summed E-state index contributed by atoms with van der Waals surface area (Å²) in [6.45, 7) is 6.47. The fourth-order valence-corrected chi connectivity index (χ4v) is 1.52. The molecule has 1 aromatic rings. The van der Waals surface area contributed by atoms with Crippen molar-refractivity contribution in [2.75, 3.05) is 6.54 Å². The second-order valence-electron chi connectivity index (χ2n) is 5.52. The minimum absolute atomic E-state index is 0.0932. The molecule has 0 bridgehead atoms. The van der Waals surface area contributed by atoms with Crippen LogP contribution in [0.2, 0.25) is 0 Å². The minimum atomic E-state index is -0.822. The highest BCUT2D eigenvalue weighted by atomic mass is 16.6. The number of aliphatic carboxylic acids is 1. The summed E-state index contributed by atoms with van der Waals surface area (Å²) >= 11 is 0. The number of rotatable bonds is 6. The van der Waals surface area contributed by atoms with Crippen molar-refractivity contribution in [2.24, 2.45) is 0 Å². The molecule has 20 heavy (non-hydrogen) atoms. The van der Waals surface area contributed by atoms with Crippen LogP contribution in [0, 0.1) is 0 Å². The van der Waals surface area contributed by atoms with Gasteiger partial charge in [-0.1, -0.05) is 12.1 Å². The fraction of sp³-hybridized carbons (Fsp3) is 0.467. The Balaban J connectivity index is 2.48. The topological polar surface area (TPSA) is 75.6 Å². The summed E-state index contributed by atoms with van der Waals surface area (Å²) < 4.78 is 5.27. The lowest BCUT2D eigenvalue weighted by atomic mass is 10.1. The molecule has 110 valence electrons. The number of hydrogen-bond acceptors (Lipinski definition) is 4. The Hall–Kier alpha value is -1.88. The van der Waals surface area contributed by atoms with Gasteiger partial charge in [0.2, 0.25) is 0 Å². The normalized spacial score (nSPS) is 11.2. The average molecular weight is 279 g/mol. The molecule has 0 aromatic heterocycles. The highest BCUT2D eigenvalue weighted by Crippen LogP contribution is 2.12. The van der Waals surface area contributed by atoms with Crippen molar-refractivity contribution in [3.05, 3.63) is 35.4 Å². The van der Waals surface area contributed by atoms with Crippen molar-refractivity contribution in [1.82, 2.24) is 5.32 Å². The highest BCUT2D eigenvalue weighted by Gasteiger charge is 2.17. The molecule has 0 aliphatic rings. The third-order valence-corrected chi connectivity index (χ3v) is 2.43. The third-order valence-electron chi connectivity index (χ3n) is 2.43. The molecule has 0 atom stereocenters. The molecule has 0 fully saturated rings. The van der Waals surface area contributed by atoms with Gasteiger partial charge in [0.25, 0.3) is 0 Å². The Bertz CT molecular complexity index is 460. The van der Waals surface area contributed by atoms with Crippen LogP contribution in [0.5, 0.6) is 0 Å². The van der Waals surface area contributed by atoms with E-state index in [1.54, 1.807) is 12.1 Å². The number of carboxylic acids is 1. The van der Waals surface area contributed by atoms with E-state index < -0.39 is 11.6 Å². The zero-order valence-electron chi connectivity index (χ0n) is 12.1. The summed E-state index contributed by atoms with van der Waals surface area (Å²) in [6.07, 6.45) is 0.0932. The van der Waals surface area contributed by atoms with Gasteiger partial charge in [0, 0.05) is 13.1 Å². The first-order chi connectivity index (χ1) is 9.28. The Kier molecular flexibility index (Phi) is 5.70. The number of benzene rings is 1. The van der Waals surface area contributed by atoms with Crippen molar-refractivity contribution in [3.63, 3.8) is 0 Å². The Labute approximate surface area is 118 Å². The number of nitrogens with one attached hydrogen (secondary N) is 1. The van der Waals surface area contributed by atoms with Gasteiger partial charge in [-0.25, -0.2) is 4.79 Å². The maximum absolute atomic E-state index is 11.8. The van der Waals surface area contributed by atoms with Crippen molar-refractivity contribution in [1.29, 1.82) is 0 Å². The van der Waals surface area contributed by atoms with Crippen LogP contribution >= 0.6 is 0 Å². The molecule has 0 aliphatic heterocycles. The number of ether oxygens (including phenoxy) is 1. The molecule has 2 N–H and O–H groups in total. The molecule has 0 radical (unpaired) electrons. The summed E-state index contributed by atoms with van der Waals surface area (Å²) in [5.74, 6) is -1.17. The SMILES string of the molecule is CC(C)(C)OC(=O)c1ccc(CNCCC(=O)O)cc1. The maximum Gasteiger partial charge on any atom is 0.338 e. The first kappa shape index (κ1) is 16.2. The number of hydrogen-bond donors (Lipinski definition) is 2. The van der Waals surface area contributed by atoms with E-state index in [1.807, 2.05) is 32.9 Å². The molecule has 5 nitrogen and oxygen atoms in total. The second kappa shape index (κ2) is 7.05. The Morgan fingerprint density at radius 2 is 1.80 bits per heavy atom. The third kappa shape index (κ3) is 6.33. The Morgan fingerprint density at radius 1 is 1.20 bits per heavy atom. The molecule has 0 heterocycles. The summed E-state index contributed by atoms with van der Waals surface area (Å²) in [4.78, 5) is 22.2. The lowest BCUT2D eigenvalue weighted by Crippen LogP contribution is -2.24. The predicted octanol–water partition coefficient (Wildman–Crippen LogP) is 2.21. The molecule has 0 aliphatic carbocycles. The molecule has 0 unspecified atom stereocenters. The van der Waals surface area contributed by atoms with Crippen LogP contribution in [0.15, 0.2) is 24.3 Å². The van der Waals surface area contributed by atoms with Crippen LogP contribution in [0.25, 0.3) is 0 Å². The van der Waals surface area contributed by atoms with Gasteiger partial charge in [-0.15, -0.1) is 0 Å². The van der Waals surface area contributed by atoms with E-state index in [9.17, 15) is 9.59 Å². The summed E-state index contributed by atoms with van der Waals surface area (Å²) in [6, 6.07) is 7.07. The molecule has 1 rings (SSSR count). The van der Waals surface area contributed by atoms with E-state index in [0.717, 1.165) is 5.56 Å². The zero-order valence-corrected chi connectivity index (χ0v) is 12.1. The number of carbonyl (C=O) groups is 2. The monoisotopic (exact) mass is 279 g/mol. The molecular formula is C15H21NO4. The van der Waals surface area contributed by atoms with Gasteiger partial charge in [0.15, 0.2) is 0 Å². The van der Waals surface area contributed by atoms with Gasteiger partial charge in [-0.3, -0.25) is 4.79 Å². The van der Waals surface area contributed by atoms with Crippen molar-refractivity contribution < 1.29 is 19.4 Å². The number of esters is 1. The van der Waals surface area contributed by atoms with Crippen molar-refractivity contribution >= 4 is 11.9 Å². The van der Waals surface area contributed by atoms with E-state index in [4.69, 9.17) is 9.84 Å². The van der Waals surface area contributed by atoms with Gasteiger partial charge >= 0.3 is 11.9 Å². The predicted molar refractivity (Wildman–Crippen MR) is 75.6 cm³/mol. The van der Waals surface area contributed by atoms with E-state index in [1.165, 1.54) is 0 Å². The lowest BCUT2D eigenvalue weighted by Gasteiger charge is -2.19. The number of carboxylic acid groups (broad SMARTS) is 1. The van der Waals surface area contributed by atoms with Gasteiger partial charge in [-0.05, 0) is 38.5 Å². The molecule has 1 aromatic carbocycles. The van der Waals surface area contributed by atoms with Gasteiger partial charge in [-0.2, -0.15) is 0 Å². The first-order valence-electron chi connectivity index (χ1n) is 6.53. The molecule has 5 heteroatoms. The fourth-order valence-electron chi connectivity index (χ4n) is 1.52. The molecule has 0 amide bonds. The molecule has 0 saturated carbocycles. The second-order valence-corrected chi connectivity index (χ2v) is 5.52. The van der Waals surface area contributed by atoms with Crippen LogP contribution in [0.3, 0.4) is 0 Å². The summed E-state index contributed by atoms with van der Waals surface area (Å²) in [5, 5.41) is 11.5. The first-order valence-corrected chi connectivity index (χ1v) is 6.53. The van der Waals surface area contributed by atoms with E-state index in [0.29, 0.717) is 18.7 Å². The van der Waals surface area contributed by atoms with Gasteiger partial charge < -0.3 is 15.2 Å². The van der Waals surface area contributed by atoms with Crippen LogP contribution in [-0.4, -0.2) is 29.2 Å². The summed E-state index contributed by atoms with van der Waals surface area (Å²) in [7, 11) is 0.